The molecule has 1 aromatic carbocycles. The highest BCUT2D eigenvalue weighted by molar-refractivity contribution is 7.98. The monoisotopic (exact) mass is 266 g/mol. The van der Waals surface area contributed by atoms with Crippen molar-refractivity contribution in [3.8, 4) is 0 Å². The molecule has 1 aromatic rings. The number of anilines is 1. The molecule has 0 aliphatic carbocycles. The number of benzene rings is 1. The fraction of sp³-hybridized carbons (Fsp3) is 0.600. The predicted molar refractivity (Wildman–Crippen MR) is 84.3 cm³/mol. The van der Waals surface area contributed by atoms with Crippen LogP contribution in [0.15, 0.2) is 24.3 Å². The van der Waals surface area contributed by atoms with Crippen LogP contribution in [0.25, 0.3) is 0 Å². The highest BCUT2D eigenvalue weighted by atomic mass is 32.2. The van der Waals surface area contributed by atoms with Crippen LogP contribution in [0.1, 0.15) is 25.3 Å². The van der Waals surface area contributed by atoms with Crippen LogP contribution in [0.2, 0.25) is 0 Å². The van der Waals surface area contributed by atoms with Gasteiger partial charge in [-0.3, -0.25) is 0 Å². The van der Waals surface area contributed by atoms with Gasteiger partial charge in [0, 0.05) is 11.7 Å². The maximum Gasteiger partial charge on any atom is 0.0346 e. The summed E-state index contributed by atoms with van der Waals surface area (Å²) >= 11 is 1.93. The quantitative estimate of drug-likeness (QED) is 0.732. The third kappa shape index (κ3) is 5.32. The number of nitrogen functional groups attached to an aromatic ring is 1. The standard InChI is InChI=1S/C15H26N2S/c1-13(10-12-18-3)17(2)11-6-8-14-7-4-5-9-15(14)16/h4-5,7,9,13H,6,8,10-12,16H2,1-3H3. The number of nitrogens with zero attached hydrogens (tertiary/aromatic N) is 1. The summed E-state index contributed by atoms with van der Waals surface area (Å²) in [6, 6.07) is 8.85. The molecule has 102 valence electrons. The van der Waals surface area contributed by atoms with Crippen LogP contribution in [-0.2, 0) is 6.42 Å². The Kier molecular flexibility index (Phi) is 7.21. The fourth-order valence-electron chi connectivity index (χ4n) is 2.01. The molecule has 18 heavy (non-hydrogen) atoms. The number of nitrogens with two attached hydrogens (primary N) is 1. The maximum absolute atomic E-state index is 5.95. The second-order valence-electron chi connectivity index (χ2n) is 4.91. The van der Waals surface area contributed by atoms with E-state index >= 15 is 0 Å². The Morgan fingerprint density at radius 2 is 2.06 bits per heavy atom. The van der Waals surface area contributed by atoms with Gasteiger partial charge in [0.2, 0.25) is 0 Å². The van der Waals surface area contributed by atoms with Gasteiger partial charge in [-0.1, -0.05) is 18.2 Å². The maximum atomic E-state index is 5.95. The number of rotatable bonds is 8. The first-order valence-corrected chi connectivity index (χ1v) is 8.07. The van der Waals surface area contributed by atoms with E-state index < -0.39 is 0 Å². The summed E-state index contributed by atoms with van der Waals surface area (Å²) in [6.45, 7) is 3.46. The smallest absolute Gasteiger partial charge is 0.0346 e. The van der Waals surface area contributed by atoms with Crippen molar-refractivity contribution >= 4 is 17.4 Å². The number of thioether (sulfide) groups is 1. The van der Waals surface area contributed by atoms with Gasteiger partial charge in [-0.15, -0.1) is 0 Å². The third-order valence-corrected chi connectivity index (χ3v) is 4.15. The summed E-state index contributed by atoms with van der Waals surface area (Å²) in [5, 5.41) is 0. The molecule has 1 rings (SSSR count). The summed E-state index contributed by atoms with van der Waals surface area (Å²) in [5.74, 6) is 1.25. The van der Waals surface area contributed by atoms with Gasteiger partial charge in [0.1, 0.15) is 0 Å². The average molecular weight is 266 g/mol. The van der Waals surface area contributed by atoms with Crippen LogP contribution in [0.5, 0.6) is 0 Å². The molecule has 0 heterocycles. The van der Waals surface area contributed by atoms with Crippen LogP contribution in [-0.4, -0.2) is 36.5 Å². The van der Waals surface area contributed by atoms with E-state index in [-0.39, 0.29) is 0 Å². The lowest BCUT2D eigenvalue weighted by Gasteiger charge is -2.24. The molecule has 0 radical (unpaired) electrons. The van der Waals surface area contributed by atoms with Crippen LogP contribution in [0, 0.1) is 0 Å². The van der Waals surface area contributed by atoms with E-state index in [2.05, 4.69) is 37.3 Å². The lowest BCUT2D eigenvalue weighted by atomic mass is 10.1. The van der Waals surface area contributed by atoms with E-state index in [0.717, 1.165) is 18.7 Å². The minimum absolute atomic E-state index is 0.672. The lowest BCUT2D eigenvalue weighted by Crippen LogP contribution is -2.30. The number of aryl methyl sites for hydroxylation is 1. The molecular formula is C15H26N2S. The average Bonchev–Trinajstić information content (AvgIpc) is 2.38. The van der Waals surface area contributed by atoms with Gasteiger partial charge in [0.15, 0.2) is 0 Å². The van der Waals surface area contributed by atoms with E-state index in [4.69, 9.17) is 5.73 Å². The first kappa shape index (κ1) is 15.4. The van der Waals surface area contributed by atoms with Crippen molar-refractivity contribution in [2.45, 2.75) is 32.2 Å². The summed E-state index contributed by atoms with van der Waals surface area (Å²) in [4.78, 5) is 2.45. The molecule has 0 aliphatic heterocycles. The van der Waals surface area contributed by atoms with Gasteiger partial charge in [-0.25, -0.2) is 0 Å². The van der Waals surface area contributed by atoms with Crippen molar-refractivity contribution in [3.63, 3.8) is 0 Å². The zero-order chi connectivity index (χ0) is 13.4. The number of hydrogen-bond acceptors (Lipinski definition) is 3. The van der Waals surface area contributed by atoms with Crippen LogP contribution in [0.3, 0.4) is 0 Å². The Hall–Kier alpha value is -0.670. The summed E-state index contributed by atoms with van der Waals surface area (Å²) in [7, 11) is 2.22. The SMILES string of the molecule is CSCCC(C)N(C)CCCc1ccccc1N. The molecular weight excluding hydrogens is 240 g/mol. The Bertz CT molecular complexity index is 341. The minimum Gasteiger partial charge on any atom is -0.399 e. The normalized spacial score (nSPS) is 12.9. The van der Waals surface area contributed by atoms with Crippen molar-refractivity contribution < 1.29 is 0 Å². The predicted octanol–water partition coefficient (Wildman–Crippen LogP) is 3.27. The molecule has 0 bridgehead atoms. The molecule has 0 aliphatic rings. The van der Waals surface area contributed by atoms with Gasteiger partial charge in [-0.2, -0.15) is 11.8 Å². The zero-order valence-electron chi connectivity index (χ0n) is 11.9. The van der Waals surface area contributed by atoms with Gasteiger partial charge in [0.25, 0.3) is 0 Å². The Labute approximate surface area is 116 Å². The highest BCUT2D eigenvalue weighted by Crippen LogP contribution is 2.13. The summed E-state index contributed by atoms with van der Waals surface area (Å²) in [6.07, 6.45) is 5.69. The minimum atomic E-state index is 0.672. The molecule has 0 spiro atoms. The highest BCUT2D eigenvalue weighted by Gasteiger charge is 2.08. The van der Waals surface area contributed by atoms with Gasteiger partial charge in [0.05, 0.1) is 0 Å². The molecule has 0 amide bonds. The Morgan fingerprint density at radius 1 is 1.33 bits per heavy atom. The van der Waals surface area contributed by atoms with E-state index in [1.807, 2.05) is 23.9 Å². The third-order valence-electron chi connectivity index (χ3n) is 3.50. The Balaban J connectivity index is 2.27. The molecule has 0 fully saturated rings. The lowest BCUT2D eigenvalue weighted by molar-refractivity contribution is 0.250. The van der Waals surface area contributed by atoms with E-state index in [1.165, 1.54) is 24.2 Å². The van der Waals surface area contributed by atoms with Crippen molar-refractivity contribution in [1.29, 1.82) is 0 Å². The molecule has 0 saturated carbocycles. The summed E-state index contributed by atoms with van der Waals surface area (Å²) in [5.41, 5.74) is 8.15. The topological polar surface area (TPSA) is 29.3 Å². The molecule has 2 N–H and O–H groups in total. The number of para-hydroxylation sites is 1. The van der Waals surface area contributed by atoms with Crippen molar-refractivity contribution in [2.24, 2.45) is 0 Å². The molecule has 0 saturated heterocycles. The van der Waals surface area contributed by atoms with Crippen LogP contribution >= 0.6 is 11.8 Å². The van der Waals surface area contributed by atoms with E-state index in [9.17, 15) is 0 Å². The largest absolute Gasteiger partial charge is 0.399 e. The van der Waals surface area contributed by atoms with Crippen molar-refractivity contribution in [2.75, 3.05) is 31.3 Å². The van der Waals surface area contributed by atoms with Crippen molar-refractivity contribution in [3.05, 3.63) is 29.8 Å². The van der Waals surface area contributed by atoms with Gasteiger partial charge < -0.3 is 10.6 Å². The second kappa shape index (κ2) is 8.44. The van der Waals surface area contributed by atoms with E-state index in [0.29, 0.717) is 6.04 Å². The zero-order valence-corrected chi connectivity index (χ0v) is 12.7. The molecule has 3 heteroatoms. The second-order valence-corrected chi connectivity index (χ2v) is 5.90. The number of hydrogen-bond donors (Lipinski definition) is 1. The van der Waals surface area contributed by atoms with E-state index in [1.54, 1.807) is 0 Å². The fourth-order valence-corrected chi connectivity index (χ4v) is 2.59. The summed E-state index contributed by atoms with van der Waals surface area (Å²) < 4.78 is 0. The van der Waals surface area contributed by atoms with Gasteiger partial charge >= 0.3 is 0 Å². The Morgan fingerprint density at radius 3 is 2.72 bits per heavy atom. The molecule has 1 unspecified atom stereocenters. The molecule has 0 aromatic heterocycles. The molecule has 1 atom stereocenters. The molecule has 2 nitrogen and oxygen atoms in total. The van der Waals surface area contributed by atoms with Crippen molar-refractivity contribution in [1.82, 2.24) is 4.90 Å². The van der Waals surface area contributed by atoms with Gasteiger partial charge in [-0.05, 0) is 63.4 Å². The first-order chi connectivity index (χ1) is 8.65. The van der Waals surface area contributed by atoms with Crippen LogP contribution in [0.4, 0.5) is 5.69 Å². The van der Waals surface area contributed by atoms with Crippen LogP contribution < -0.4 is 5.73 Å². The first-order valence-electron chi connectivity index (χ1n) is 6.67.